The van der Waals surface area contributed by atoms with E-state index in [1.54, 1.807) is 0 Å². The molecule has 0 spiro atoms. The molecule has 0 aromatic heterocycles. The summed E-state index contributed by atoms with van der Waals surface area (Å²) in [5.41, 5.74) is 7.46. The number of nitrogens with one attached hydrogen (secondary N) is 1. The molecule has 0 bridgehead atoms. The van der Waals surface area contributed by atoms with E-state index >= 15 is 0 Å². The van der Waals surface area contributed by atoms with E-state index in [0.717, 1.165) is 25.2 Å². The van der Waals surface area contributed by atoms with E-state index in [0.29, 0.717) is 6.04 Å². The molecule has 0 atom stereocenters. The van der Waals surface area contributed by atoms with E-state index in [1.165, 1.54) is 18.4 Å². The van der Waals surface area contributed by atoms with Crippen LogP contribution in [0.4, 0.5) is 0 Å². The van der Waals surface area contributed by atoms with Gasteiger partial charge in [0, 0.05) is 18.2 Å². The third-order valence-electron chi connectivity index (χ3n) is 3.68. The SMILES string of the molecule is CC(C)N(C)CCCCNCc1ccc(C(N)=NO)cc1. The lowest BCUT2D eigenvalue weighted by atomic mass is 10.1. The predicted octanol–water partition coefficient (Wildman–Crippen LogP) is 1.99. The van der Waals surface area contributed by atoms with Crippen molar-refractivity contribution in [2.24, 2.45) is 10.9 Å². The smallest absolute Gasteiger partial charge is 0.170 e. The van der Waals surface area contributed by atoms with Gasteiger partial charge in [-0.3, -0.25) is 0 Å². The Morgan fingerprint density at radius 1 is 1.29 bits per heavy atom. The van der Waals surface area contributed by atoms with Gasteiger partial charge in [0.1, 0.15) is 0 Å². The Hall–Kier alpha value is -1.59. The van der Waals surface area contributed by atoms with Crippen LogP contribution in [-0.4, -0.2) is 42.1 Å². The van der Waals surface area contributed by atoms with Crippen molar-refractivity contribution < 1.29 is 5.21 Å². The molecular formula is C16H28N4O. The molecule has 0 radical (unpaired) electrons. The highest BCUT2D eigenvalue weighted by Crippen LogP contribution is 2.04. The van der Waals surface area contributed by atoms with Gasteiger partial charge in [-0.2, -0.15) is 0 Å². The number of oxime groups is 1. The molecule has 4 N–H and O–H groups in total. The van der Waals surface area contributed by atoms with Gasteiger partial charge in [-0.05, 0) is 52.4 Å². The third kappa shape index (κ3) is 6.60. The molecule has 0 aliphatic rings. The number of hydrogen-bond donors (Lipinski definition) is 3. The molecule has 1 aromatic rings. The lowest BCUT2D eigenvalue weighted by Crippen LogP contribution is -2.27. The molecule has 118 valence electrons. The van der Waals surface area contributed by atoms with Gasteiger partial charge in [0.2, 0.25) is 0 Å². The Bertz CT molecular complexity index is 428. The van der Waals surface area contributed by atoms with Crippen molar-refractivity contribution in [3.05, 3.63) is 35.4 Å². The fraction of sp³-hybridized carbons (Fsp3) is 0.562. The van der Waals surface area contributed by atoms with E-state index < -0.39 is 0 Å². The van der Waals surface area contributed by atoms with Crippen LogP contribution in [0.15, 0.2) is 29.4 Å². The Morgan fingerprint density at radius 2 is 1.95 bits per heavy atom. The average molecular weight is 292 g/mol. The van der Waals surface area contributed by atoms with E-state index in [-0.39, 0.29) is 5.84 Å². The minimum Gasteiger partial charge on any atom is -0.409 e. The van der Waals surface area contributed by atoms with Crippen molar-refractivity contribution in [1.82, 2.24) is 10.2 Å². The number of nitrogens with zero attached hydrogens (tertiary/aromatic N) is 2. The molecule has 0 aliphatic heterocycles. The van der Waals surface area contributed by atoms with Crippen molar-refractivity contribution in [2.75, 3.05) is 20.1 Å². The highest BCUT2D eigenvalue weighted by molar-refractivity contribution is 5.96. The summed E-state index contributed by atoms with van der Waals surface area (Å²) < 4.78 is 0. The minimum absolute atomic E-state index is 0.142. The Morgan fingerprint density at radius 3 is 2.52 bits per heavy atom. The lowest BCUT2D eigenvalue weighted by Gasteiger charge is -2.20. The van der Waals surface area contributed by atoms with Gasteiger partial charge in [0.05, 0.1) is 0 Å². The molecule has 5 nitrogen and oxygen atoms in total. The molecule has 21 heavy (non-hydrogen) atoms. The van der Waals surface area contributed by atoms with E-state index in [2.05, 4.69) is 36.3 Å². The molecule has 0 saturated carbocycles. The second kappa shape index (κ2) is 9.37. The van der Waals surface area contributed by atoms with Crippen LogP contribution in [0.5, 0.6) is 0 Å². The number of hydrogen-bond acceptors (Lipinski definition) is 4. The molecule has 0 heterocycles. The fourth-order valence-electron chi connectivity index (χ4n) is 1.95. The van der Waals surface area contributed by atoms with Crippen LogP contribution in [0.25, 0.3) is 0 Å². The summed E-state index contributed by atoms with van der Waals surface area (Å²) in [6.45, 7) is 7.45. The Balaban J connectivity index is 2.18. The summed E-state index contributed by atoms with van der Waals surface area (Å²) in [6, 6.07) is 8.33. The topological polar surface area (TPSA) is 73.9 Å². The first-order chi connectivity index (χ1) is 10.0. The maximum atomic E-state index is 8.60. The normalized spacial score (nSPS) is 12.3. The van der Waals surface area contributed by atoms with Crippen LogP contribution in [-0.2, 0) is 6.54 Å². The van der Waals surface area contributed by atoms with Crippen LogP contribution >= 0.6 is 0 Å². The average Bonchev–Trinajstić information content (AvgIpc) is 2.50. The predicted molar refractivity (Wildman–Crippen MR) is 87.7 cm³/mol. The summed E-state index contributed by atoms with van der Waals surface area (Å²) in [6.07, 6.45) is 2.39. The second-order valence-electron chi connectivity index (χ2n) is 5.64. The largest absolute Gasteiger partial charge is 0.409 e. The van der Waals surface area contributed by atoms with Gasteiger partial charge in [-0.25, -0.2) is 0 Å². The standard InChI is InChI=1S/C16H28N4O/c1-13(2)20(3)11-5-4-10-18-12-14-6-8-15(9-7-14)16(17)19-21/h6-9,13,18,21H,4-5,10-12H2,1-3H3,(H2,17,19). The van der Waals surface area contributed by atoms with Gasteiger partial charge in [0.15, 0.2) is 5.84 Å². The summed E-state index contributed by atoms with van der Waals surface area (Å²) in [5.74, 6) is 0.142. The Labute approximate surface area is 127 Å². The van der Waals surface area contributed by atoms with Crippen LogP contribution in [0.1, 0.15) is 37.8 Å². The molecular weight excluding hydrogens is 264 g/mol. The molecule has 0 amide bonds. The summed E-state index contributed by atoms with van der Waals surface area (Å²) in [7, 11) is 2.17. The molecule has 0 fully saturated rings. The van der Waals surface area contributed by atoms with Crippen LogP contribution < -0.4 is 11.1 Å². The van der Waals surface area contributed by atoms with Crippen LogP contribution in [0.2, 0.25) is 0 Å². The number of benzene rings is 1. The van der Waals surface area contributed by atoms with Crippen molar-refractivity contribution in [3.63, 3.8) is 0 Å². The Kier molecular flexibility index (Phi) is 7.79. The first-order valence-corrected chi connectivity index (χ1v) is 7.52. The van der Waals surface area contributed by atoms with Gasteiger partial charge in [-0.1, -0.05) is 29.4 Å². The highest BCUT2D eigenvalue weighted by atomic mass is 16.4. The fourth-order valence-corrected chi connectivity index (χ4v) is 1.95. The first-order valence-electron chi connectivity index (χ1n) is 7.52. The highest BCUT2D eigenvalue weighted by Gasteiger charge is 2.02. The maximum Gasteiger partial charge on any atom is 0.170 e. The number of unbranched alkanes of at least 4 members (excludes halogenated alkanes) is 1. The first kappa shape index (κ1) is 17.5. The molecule has 5 heteroatoms. The van der Waals surface area contributed by atoms with E-state index in [1.807, 2.05) is 24.3 Å². The quantitative estimate of drug-likeness (QED) is 0.214. The molecule has 0 unspecified atom stereocenters. The molecule has 1 aromatic carbocycles. The van der Waals surface area contributed by atoms with Crippen molar-refractivity contribution in [1.29, 1.82) is 0 Å². The summed E-state index contributed by atoms with van der Waals surface area (Å²) >= 11 is 0. The zero-order valence-electron chi connectivity index (χ0n) is 13.3. The van der Waals surface area contributed by atoms with Gasteiger partial charge in [-0.15, -0.1) is 0 Å². The zero-order chi connectivity index (χ0) is 15.7. The molecule has 0 aliphatic carbocycles. The summed E-state index contributed by atoms with van der Waals surface area (Å²) in [4.78, 5) is 2.37. The monoisotopic (exact) mass is 292 g/mol. The van der Waals surface area contributed by atoms with Gasteiger partial charge >= 0.3 is 0 Å². The molecule has 0 saturated heterocycles. The van der Waals surface area contributed by atoms with Crippen LogP contribution in [0.3, 0.4) is 0 Å². The van der Waals surface area contributed by atoms with Crippen molar-refractivity contribution in [2.45, 2.75) is 39.3 Å². The number of nitrogens with two attached hydrogens (primary N) is 1. The number of rotatable bonds is 9. The summed E-state index contributed by atoms with van der Waals surface area (Å²) in [5, 5.41) is 15.0. The zero-order valence-corrected chi connectivity index (χ0v) is 13.3. The third-order valence-corrected chi connectivity index (χ3v) is 3.68. The van der Waals surface area contributed by atoms with Gasteiger partial charge < -0.3 is 21.2 Å². The van der Waals surface area contributed by atoms with Gasteiger partial charge in [0.25, 0.3) is 0 Å². The lowest BCUT2D eigenvalue weighted by molar-refractivity contribution is 0.268. The van der Waals surface area contributed by atoms with E-state index in [4.69, 9.17) is 10.9 Å². The van der Waals surface area contributed by atoms with Crippen molar-refractivity contribution in [3.8, 4) is 0 Å². The minimum atomic E-state index is 0.142. The second-order valence-corrected chi connectivity index (χ2v) is 5.64. The van der Waals surface area contributed by atoms with E-state index in [9.17, 15) is 0 Å². The van der Waals surface area contributed by atoms with Crippen molar-refractivity contribution >= 4 is 5.84 Å². The molecule has 1 rings (SSSR count). The maximum absolute atomic E-state index is 8.60. The number of amidine groups is 1. The van der Waals surface area contributed by atoms with Crippen LogP contribution in [0, 0.1) is 0 Å².